The topological polar surface area (TPSA) is 30.7 Å². The fourth-order valence-electron chi connectivity index (χ4n) is 11.1. The first kappa shape index (κ1) is 38.0. The average molecular weight is 870 g/mol. The molecule has 0 atom stereocenters. The summed E-state index contributed by atoms with van der Waals surface area (Å²) in [4.78, 5) is 13.1. The summed E-state index contributed by atoms with van der Waals surface area (Å²) in [5.74, 6) is 1.51. The molecule has 1 aliphatic heterocycles. The molecule has 312 valence electrons. The van der Waals surface area contributed by atoms with Crippen molar-refractivity contribution in [2.24, 2.45) is 0 Å². The first-order chi connectivity index (χ1) is 33.2. The fraction of sp³-hybridized carbons (Fsp3) is 0.0159. The number of hydrogen-bond acceptors (Lipinski definition) is 3. The Bertz CT molecular complexity index is 3900. The molecular formula is C63H39N3S. The zero-order valence-corrected chi connectivity index (χ0v) is 37.1. The number of rotatable bonds is 5. The first-order valence-corrected chi connectivity index (χ1v) is 23.7. The molecule has 0 unspecified atom stereocenters. The van der Waals surface area contributed by atoms with Crippen molar-refractivity contribution < 1.29 is 0 Å². The number of nitrogens with zero attached hydrogens (tertiary/aromatic N) is 3. The van der Waals surface area contributed by atoms with Crippen LogP contribution in [-0.2, 0) is 5.41 Å². The molecule has 0 saturated carbocycles. The van der Waals surface area contributed by atoms with Gasteiger partial charge in [-0.2, -0.15) is 0 Å². The van der Waals surface area contributed by atoms with E-state index in [2.05, 4.69) is 223 Å². The van der Waals surface area contributed by atoms with Gasteiger partial charge in [-0.25, -0.2) is 9.97 Å². The van der Waals surface area contributed by atoms with Crippen molar-refractivity contribution in [3.05, 3.63) is 259 Å². The van der Waals surface area contributed by atoms with Crippen LogP contribution in [0, 0.1) is 0 Å². The maximum absolute atomic E-state index is 5.33. The maximum atomic E-state index is 5.33. The second-order valence-electron chi connectivity index (χ2n) is 17.6. The lowest BCUT2D eigenvalue weighted by atomic mass is 9.67. The molecule has 10 aromatic carbocycles. The highest BCUT2D eigenvalue weighted by molar-refractivity contribution is 7.99. The molecule has 0 bridgehead atoms. The number of aromatic nitrogens is 3. The van der Waals surface area contributed by atoms with Gasteiger partial charge in [0, 0.05) is 37.8 Å². The van der Waals surface area contributed by atoms with E-state index in [1.54, 1.807) is 0 Å². The lowest BCUT2D eigenvalue weighted by molar-refractivity contribution is 0.723. The van der Waals surface area contributed by atoms with Gasteiger partial charge in [0.25, 0.3) is 0 Å². The minimum atomic E-state index is -0.442. The van der Waals surface area contributed by atoms with Crippen LogP contribution in [0.5, 0.6) is 0 Å². The normalized spacial score (nSPS) is 13.1. The van der Waals surface area contributed by atoms with Crippen LogP contribution in [0.25, 0.3) is 94.4 Å². The molecule has 0 amide bonds. The zero-order valence-electron chi connectivity index (χ0n) is 36.3. The molecule has 2 aliphatic rings. The van der Waals surface area contributed by atoms with Crippen LogP contribution in [0.15, 0.2) is 246 Å². The van der Waals surface area contributed by atoms with Crippen LogP contribution in [0.4, 0.5) is 0 Å². The van der Waals surface area contributed by atoms with Crippen LogP contribution in [-0.4, -0.2) is 14.5 Å². The molecule has 12 aromatic rings. The molecule has 1 aliphatic carbocycles. The Morgan fingerprint density at radius 3 is 1.70 bits per heavy atom. The second kappa shape index (κ2) is 14.9. The molecule has 2 aromatic heterocycles. The van der Waals surface area contributed by atoms with Crippen molar-refractivity contribution in [3.63, 3.8) is 0 Å². The Labute approximate surface area is 392 Å². The van der Waals surface area contributed by atoms with E-state index in [0.717, 1.165) is 33.7 Å². The van der Waals surface area contributed by atoms with E-state index in [1.165, 1.54) is 87.0 Å². The predicted molar refractivity (Wildman–Crippen MR) is 277 cm³/mol. The van der Waals surface area contributed by atoms with Gasteiger partial charge in [0.1, 0.15) is 5.82 Å². The van der Waals surface area contributed by atoms with Gasteiger partial charge in [0.15, 0.2) is 5.82 Å². The molecule has 0 radical (unpaired) electrons. The highest BCUT2D eigenvalue weighted by Crippen LogP contribution is 2.63. The number of para-hydroxylation sites is 1. The summed E-state index contributed by atoms with van der Waals surface area (Å²) in [7, 11) is 0. The molecule has 1 spiro atoms. The van der Waals surface area contributed by atoms with Gasteiger partial charge >= 0.3 is 0 Å². The van der Waals surface area contributed by atoms with Gasteiger partial charge in [0.2, 0.25) is 0 Å². The van der Waals surface area contributed by atoms with Crippen LogP contribution in [0.2, 0.25) is 0 Å². The largest absolute Gasteiger partial charge is 0.294 e. The molecule has 67 heavy (non-hydrogen) atoms. The van der Waals surface area contributed by atoms with Crippen LogP contribution < -0.4 is 0 Å². The van der Waals surface area contributed by atoms with E-state index in [-0.39, 0.29) is 0 Å². The summed E-state index contributed by atoms with van der Waals surface area (Å²) in [6.45, 7) is 0. The standard InChI is InChI=1S/C63H39N3S/c1-3-15-40(16-4-1)41-27-29-43(30-28-41)55-39-60(65-62(64-55)44-18-5-2-6-19-44)66-56-24-12-9-21-48(56)49-37-46(33-36-57(49)66)45-32-34-51-50(38-45)61-47-20-8-7-17-42(47)31-35-54(61)63(51)52-22-10-13-25-58(52)67-59-26-14-11-23-53(59)63/h1-39H. The summed E-state index contributed by atoms with van der Waals surface area (Å²) in [5.41, 5.74) is 17.4. The third kappa shape index (κ3) is 5.73. The SMILES string of the molecule is c1ccc(-c2ccc(-c3cc(-n4c5ccccc5c5cc(-c6ccc7c(c6)-c6c(ccc8ccccc68)C76c7ccccc7Sc7ccccc76)ccc54)nc(-c4ccccc4)n3)cc2)cc1. The smallest absolute Gasteiger partial charge is 0.162 e. The molecule has 14 rings (SSSR count). The number of hydrogen-bond donors (Lipinski definition) is 0. The summed E-state index contributed by atoms with van der Waals surface area (Å²) in [5, 5.41) is 4.89. The average Bonchev–Trinajstić information content (AvgIpc) is 3.89. The van der Waals surface area contributed by atoms with Gasteiger partial charge in [-0.1, -0.05) is 206 Å². The van der Waals surface area contributed by atoms with Crippen LogP contribution >= 0.6 is 11.8 Å². The number of benzene rings is 10. The van der Waals surface area contributed by atoms with Crippen molar-refractivity contribution in [2.45, 2.75) is 15.2 Å². The zero-order chi connectivity index (χ0) is 44.1. The summed E-state index contributed by atoms with van der Waals surface area (Å²) in [6, 6.07) is 86.3. The highest BCUT2D eigenvalue weighted by atomic mass is 32.2. The van der Waals surface area contributed by atoms with Gasteiger partial charge in [-0.05, 0) is 103 Å². The Kier molecular flexibility index (Phi) is 8.43. The highest BCUT2D eigenvalue weighted by Gasteiger charge is 2.50. The lowest BCUT2D eigenvalue weighted by Crippen LogP contribution is -2.31. The van der Waals surface area contributed by atoms with E-state index in [0.29, 0.717) is 5.82 Å². The van der Waals surface area contributed by atoms with Crippen molar-refractivity contribution in [2.75, 3.05) is 0 Å². The molecule has 0 N–H and O–H groups in total. The summed E-state index contributed by atoms with van der Waals surface area (Å²) >= 11 is 1.89. The monoisotopic (exact) mass is 869 g/mol. The van der Waals surface area contributed by atoms with Gasteiger partial charge in [0.05, 0.1) is 22.1 Å². The van der Waals surface area contributed by atoms with E-state index in [9.17, 15) is 0 Å². The second-order valence-corrected chi connectivity index (χ2v) is 18.7. The quantitative estimate of drug-likeness (QED) is 0.173. The van der Waals surface area contributed by atoms with Crippen LogP contribution in [0.3, 0.4) is 0 Å². The van der Waals surface area contributed by atoms with Gasteiger partial charge in [-0.3, -0.25) is 4.57 Å². The molecule has 0 saturated heterocycles. The first-order valence-electron chi connectivity index (χ1n) is 22.9. The maximum Gasteiger partial charge on any atom is 0.162 e. The van der Waals surface area contributed by atoms with Gasteiger partial charge < -0.3 is 0 Å². The molecular weight excluding hydrogens is 831 g/mol. The Morgan fingerprint density at radius 1 is 0.358 bits per heavy atom. The van der Waals surface area contributed by atoms with E-state index >= 15 is 0 Å². The molecule has 4 heteroatoms. The van der Waals surface area contributed by atoms with Crippen molar-refractivity contribution in [3.8, 4) is 61.8 Å². The summed E-state index contributed by atoms with van der Waals surface area (Å²) < 4.78 is 2.31. The summed E-state index contributed by atoms with van der Waals surface area (Å²) in [6.07, 6.45) is 0. The minimum absolute atomic E-state index is 0.442. The molecule has 3 heterocycles. The third-order valence-electron chi connectivity index (χ3n) is 14.1. The van der Waals surface area contributed by atoms with Crippen molar-refractivity contribution >= 4 is 44.3 Å². The van der Waals surface area contributed by atoms with Gasteiger partial charge in [-0.15, -0.1) is 0 Å². The van der Waals surface area contributed by atoms with Crippen molar-refractivity contribution in [1.29, 1.82) is 0 Å². The predicted octanol–water partition coefficient (Wildman–Crippen LogP) is 16.2. The molecule has 3 nitrogen and oxygen atoms in total. The Hall–Kier alpha value is -8.31. The fourth-order valence-corrected chi connectivity index (χ4v) is 12.3. The minimum Gasteiger partial charge on any atom is -0.294 e. The number of fused-ring (bicyclic) bond motifs is 14. The van der Waals surface area contributed by atoms with Crippen LogP contribution in [0.1, 0.15) is 22.3 Å². The Morgan fingerprint density at radius 2 is 0.925 bits per heavy atom. The van der Waals surface area contributed by atoms with E-state index < -0.39 is 5.41 Å². The lowest BCUT2D eigenvalue weighted by Gasteiger charge is -2.39. The molecule has 0 fully saturated rings. The van der Waals surface area contributed by atoms with E-state index in [1.807, 2.05) is 30.0 Å². The Balaban J connectivity index is 0.955. The van der Waals surface area contributed by atoms with Crippen molar-refractivity contribution in [1.82, 2.24) is 14.5 Å². The third-order valence-corrected chi connectivity index (χ3v) is 15.2. The van der Waals surface area contributed by atoms with E-state index in [4.69, 9.17) is 9.97 Å².